The number of anilines is 1. The van der Waals surface area contributed by atoms with E-state index in [-0.39, 0.29) is 17.6 Å². The van der Waals surface area contributed by atoms with E-state index < -0.39 is 34.5 Å². The Morgan fingerprint density at radius 1 is 0.455 bits per heavy atom. The number of Topliss-reactive ketones (excluding diaryl/α,β-unsaturated/α-hetero) is 1. The lowest BCUT2D eigenvalue weighted by Crippen LogP contribution is -2.49. The molecule has 1 heterocycles. The summed E-state index contributed by atoms with van der Waals surface area (Å²) in [4.78, 5) is 47.2. The molecule has 0 spiro atoms. The van der Waals surface area contributed by atoms with Crippen molar-refractivity contribution in [3.8, 4) is 0 Å². The Labute approximate surface area is 264 Å². The summed E-state index contributed by atoms with van der Waals surface area (Å²) in [6.45, 7) is 0. The van der Waals surface area contributed by atoms with E-state index in [1.165, 1.54) is 4.90 Å². The number of hydrogen-bond acceptors (Lipinski definition) is 3. The molecule has 1 aliphatic heterocycles. The fourth-order valence-corrected chi connectivity index (χ4v) is 9.38. The number of fused-ring (bicyclic) bond motifs is 5. The zero-order chi connectivity index (χ0) is 30.1. The average molecular weight is 639 g/mol. The summed E-state index contributed by atoms with van der Waals surface area (Å²) >= 11 is 3.60. The Bertz CT molecular complexity index is 1800. The summed E-state index contributed by atoms with van der Waals surface area (Å²) in [5.74, 6) is -3.28. The molecule has 4 nitrogen and oxygen atoms in total. The van der Waals surface area contributed by atoms with E-state index in [0.29, 0.717) is 10.2 Å². The van der Waals surface area contributed by atoms with Crippen molar-refractivity contribution >= 4 is 39.2 Å². The predicted octanol–water partition coefficient (Wildman–Crippen LogP) is 7.59. The molecular formula is C39H28BrNO3. The highest BCUT2D eigenvalue weighted by Crippen LogP contribution is 2.77. The average Bonchev–Trinajstić information content (AvgIpc) is 3.59. The molecule has 1 saturated heterocycles. The minimum atomic E-state index is -1.29. The first-order chi connectivity index (χ1) is 21.5. The lowest BCUT2D eigenvalue weighted by molar-refractivity contribution is -0.131. The van der Waals surface area contributed by atoms with Gasteiger partial charge in [-0.1, -0.05) is 133 Å². The summed E-state index contributed by atoms with van der Waals surface area (Å²) < 4.78 is 0.655. The van der Waals surface area contributed by atoms with Crippen LogP contribution in [0.2, 0.25) is 0 Å². The van der Waals surface area contributed by atoms with Gasteiger partial charge in [0.15, 0.2) is 5.78 Å². The molecule has 5 aromatic carbocycles. The van der Waals surface area contributed by atoms with Crippen molar-refractivity contribution in [1.82, 2.24) is 0 Å². The second-order valence-electron chi connectivity index (χ2n) is 12.0. The van der Waals surface area contributed by atoms with Crippen molar-refractivity contribution < 1.29 is 14.4 Å². The van der Waals surface area contributed by atoms with Crippen molar-refractivity contribution in [3.05, 3.63) is 172 Å². The summed E-state index contributed by atoms with van der Waals surface area (Å²) in [6.07, 6.45) is 0. The lowest BCUT2D eigenvalue weighted by Gasteiger charge is -2.46. The summed E-state index contributed by atoms with van der Waals surface area (Å²) in [6, 6.07) is 47.0. The predicted molar refractivity (Wildman–Crippen MR) is 173 cm³/mol. The topological polar surface area (TPSA) is 54.5 Å². The molecule has 5 aromatic rings. The zero-order valence-corrected chi connectivity index (χ0v) is 25.3. The minimum Gasteiger partial charge on any atom is -0.298 e. The van der Waals surface area contributed by atoms with Crippen molar-refractivity contribution in [3.63, 3.8) is 0 Å². The highest BCUT2D eigenvalue weighted by Gasteiger charge is 2.86. The molecule has 2 bridgehead atoms. The molecule has 2 saturated carbocycles. The molecule has 0 aromatic heterocycles. The Balaban J connectivity index is 1.53. The van der Waals surface area contributed by atoms with Gasteiger partial charge in [-0.2, -0.15) is 0 Å². The van der Waals surface area contributed by atoms with E-state index in [2.05, 4.69) is 40.2 Å². The normalized spacial score (nSPS) is 28.8. The SMILES string of the molecule is O=C1[C@@H]2[C@H](C(=O)N1c1ccccc1Br)[C@@]1(c3ccccc3)C(=O)[C@@]2(c2ccccc2)[C@H](c2ccccc2)[C@H]1c1ccccc1. The molecule has 0 radical (unpaired) electrons. The largest absolute Gasteiger partial charge is 0.298 e. The minimum absolute atomic E-state index is 0.0476. The Morgan fingerprint density at radius 2 is 0.818 bits per heavy atom. The van der Waals surface area contributed by atoms with Crippen LogP contribution in [0.5, 0.6) is 0 Å². The van der Waals surface area contributed by atoms with E-state index >= 15 is 4.79 Å². The number of hydrogen-bond donors (Lipinski definition) is 0. The van der Waals surface area contributed by atoms with Crippen molar-refractivity contribution in [2.75, 3.05) is 4.90 Å². The first kappa shape index (κ1) is 27.0. The van der Waals surface area contributed by atoms with Gasteiger partial charge in [-0.3, -0.25) is 14.4 Å². The van der Waals surface area contributed by atoms with E-state index in [4.69, 9.17) is 0 Å². The molecule has 0 unspecified atom stereocenters. The maximum Gasteiger partial charge on any atom is 0.239 e. The smallest absolute Gasteiger partial charge is 0.239 e. The van der Waals surface area contributed by atoms with Gasteiger partial charge >= 0.3 is 0 Å². The van der Waals surface area contributed by atoms with Crippen molar-refractivity contribution in [2.45, 2.75) is 22.7 Å². The van der Waals surface area contributed by atoms with Crippen LogP contribution >= 0.6 is 15.9 Å². The van der Waals surface area contributed by atoms with Crippen LogP contribution in [0.3, 0.4) is 0 Å². The molecular weight excluding hydrogens is 610 g/mol. The third-order valence-electron chi connectivity index (χ3n) is 10.3. The van der Waals surface area contributed by atoms with Gasteiger partial charge in [-0.05, 0) is 50.3 Å². The third-order valence-corrected chi connectivity index (χ3v) is 10.9. The Hall–Kier alpha value is -4.61. The fraction of sp³-hybridized carbons (Fsp3) is 0.154. The molecule has 3 aliphatic rings. The van der Waals surface area contributed by atoms with E-state index in [1.54, 1.807) is 6.07 Å². The van der Waals surface area contributed by atoms with Crippen LogP contribution in [-0.4, -0.2) is 17.6 Å². The van der Waals surface area contributed by atoms with Gasteiger partial charge < -0.3 is 0 Å². The van der Waals surface area contributed by atoms with Gasteiger partial charge in [-0.25, -0.2) is 4.90 Å². The van der Waals surface area contributed by atoms with Gasteiger partial charge in [0.05, 0.1) is 28.4 Å². The molecule has 44 heavy (non-hydrogen) atoms. The van der Waals surface area contributed by atoms with Gasteiger partial charge in [0.25, 0.3) is 0 Å². The number of ketones is 1. The van der Waals surface area contributed by atoms with Gasteiger partial charge in [0, 0.05) is 16.3 Å². The fourth-order valence-electron chi connectivity index (χ4n) is 8.92. The number of benzene rings is 5. The first-order valence-electron chi connectivity index (χ1n) is 14.9. The number of nitrogens with zero attached hydrogens (tertiary/aromatic N) is 1. The van der Waals surface area contributed by atoms with Gasteiger partial charge in [-0.15, -0.1) is 0 Å². The first-order valence-corrected chi connectivity index (χ1v) is 15.7. The van der Waals surface area contributed by atoms with Gasteiger partial charge in [0.2, 0.25) is 11.8 Å². The third kappa shape index (κ3) is 3.31. The molecule has 8 rings (SSSR count). The number of imide groups is 1. The Morgan fingerprint density at radius 3 is 1.23 bits per heavy atom. The number of para-hydroxylation sites is 1. The van der Waals surface area contributed by atoms with Crippen LogP contribution in [0.15, 0.2) is 150 Å². The molecule has 2 amide bonds. The number of halogens is 1. The van der Waals surface area contributed by atoms with E-state index in [1.807, 2.05) is 115 Å². The monoisotopic (exact) mass is 637 g/mol. The van der Waals surface area contributed by atoms with Gasteiger partial charge in [0.1, 0.15) is 0 Å². The standard InChI is InChI=1S/C39H28BrNO3/c40-29-23-13-14-24-30(29)41-35(42)33-34(36(41)43)39(28-21-11-4-12-22-28)32(26-17-7-2-8-18-26)31(25-15-5-1-6-16-25)38(33,37(39)44)27-19-9-3-10-20-27/h1-24,31-34H/t31-,32-,33-,34+,38+,39+/m1/s1. The highest BCUT2D eigenvalue weighted by atomic mass is 79.9. The van der Waals surface area contributed by atoms with E-state index in [9.17, 15) is 9.59 Å². The molecule has 2 aliphatic carbocycles. The molecule has 6 atom stereocenters. The Kier molecular flexibility index (Phi) is 6.11. The molecule has 214 valence electrons. The zero-order valence-electron chi connectivity index (χ0n) is 23.7. The quantitative estimate of drug-likeness (QED) is 0.187. The number of amides is 2. The summed E-state index contributed by atoms with van der Waals surface area (Å²) in [7, 11) is 0. The van der Waals surface area contributed by atoms with Crippen LogP contribution in [0.1, 0.15) is 34.1 Å². The maximum absolute atomic E-state index is 15.9. The van der Waals surface area contributed by atoms with Crippen LogP contribution in [0, 0.1) is 11.8 Å². The second-order valence-corrected chi connectivity index (χ2v) is 12.8. The molecule has 3 fully saturated rings. The van der Waals surface area contributed by atoms with Crippen LogP contribution in [0.4, 0.5) is 5.69 Å². The van der Waals surface area contributed by atoms with Crippen molar-refractivity contribution in [2.24, 2.45) is 11.8 Å². The summed E-state index contributed by atoms with van der Waals surface area (Å²) in [5.41, 5.74) is 1.45. The lowest BCUT2D eigenvalue weighted by atomic mass is 9.52. The summed E-state index contributed by atoms with van der Waals surface area (Å²) in [5, 5.41) is 0. The van der Waals surface area contributed by atoms with Crippen molar-refractivity contribution in [1.29, 1.82) is 0 Å². The van der Waals surface area contributed by atoms with Crippen LogP contribution in [-0.2, 0) is 25.2 Å². The van der Waals surface area contributed by atoms with Crippen LogP contribution in [0.25, 0.3) is 0 Å². The van der Waals surface area contributed by atoms with E-state index in [0.717, 1.165) is 22.3 Å². The number of carbonyl (C=O) groups excluding carboxylic acids is 3. The number of carbonyl (C=O) groups is 3. The van der Waals surface area contributed by atoms with Crippen LogP contribution < -0.4 is 4.90 Å². The number of rotatable bonds is 5. The maximum atomic E-state index is 15.9. The second kappa shape index (κ2) is 9.96. The highest BCUT2D eigenvalue weighted by molar-refractivity contribution is 9.10. The molecule has 5 heteroatoms. The molecule has 0 N–H and O–H groups in total.